The average molecular weight is 263 g/mol. The number of benzene rings is 1. The molecule has 0 aliphatic rings. The third-order valence-electron chi connectivity index (χ3n) is 3.76. The van der Waals surface area contributed by atoms with Crippen molar-refractivity contribution < 1.29 is 9.72 Å². The van der Waals surface area contributed by atoms with Crippen LogP contribution >= 0.6 is 0 Å². The lowest BCUT2D eigenvalue weighted by atomic mass is 9.71. The summed E-state index contributed by atoms with van der Waals surface area (Å²) in [5, 5.41) is 10.9. The quantitative estimate of drug-likeness (QED) is 0.411. The first-order valence-corrected chi connectivity index (χ1v) is 6.68. The van der Waals surface area contributed by atoms with Gasteiger partial charge in [-0.2, -0.15) is 0 Å². The van der Waals surface area contributed by atoms with E-state index in [2.05, 4.69) is 0 Å². The average Bonchev–Trinajstić information content (AvgIpc) is 2.43. The van der Waals surface area contributed by atoms with Gasteiger partial charge in [0.05, 0.1) is 5.41 Å². The first-order valence-electron chi connectivity index (χ1n) is 6.68. The topological polar surface area (TPSA) is 60.2 Å². The fraction of sp³-hybridized carbons (Fsp3) is 0.533. The van der Waals surface area contributed by atoms with Crippen molar-refractivity contribution in [3.05, 3.63) is 46.0 Å². The molecule has 1 rings (SSSR count). The van der Waals surface area contributed by atoms with Gasteiger partial charge in [0.15, 0.2) is 0 Å². The fourth-order valence-electron chi connectivity index (χ4n) is 2.41. The number of nitrogens with zero attached hydrogens (tertiary/aromatic N) is 1. The Bertz CT molecular complexity index is 419. The fourth-order valence-corrected chi connectivity index (χ4v) is 2.41. The minimum atomic E-state index is -0.788. The van der Waals surface area contributed by atoms with Crippen LogP contribution < -0.4 is 0 Å². The first kappa shape index (κ1) is 15.3. The van der Waals surface area contributed by atoms with Crippen LogP contribution in [0.3, 0.4) is 0 Å². The predicted octanol–water partition coefficient (Wildman–Crippen LogP) is 3.23. The molecule has 0 heterocycles. The minimum Gasteiger partial charge on any atom is -0.302 e. The Balaban J connectivity index is 3.06. The van der Waals surface area contributed by atoms with Gasteiger partial charge in [-0.05, 0) is 18.9 Å². The van der Waals surface area contributed by atoms with E-state index in [1.807, 2.05) is 37.3 Å². The molecule has 0 fully saturated rings. The van der Waals surface area contributed by atoms with E-state index in [4.69, 9.17) is 0 Å². The zero-order valence-electron chi connectivity index (χ0n) is 11.5. The van der Waals surface area contributed by atoms with Crippen LogP contribution in [0, 0.1) is 16.0 Å². The zero-order valence-corrected chi connectivity index (χ0v) is 11.5. The van der Waals surface area contributed by atoms with Crippen LogP contribution in [0.5, 0.6) is 0 Å². The summed E-state index contributed by atoms with van der Waals surface area (Å²) < 4.78 is 0. The molecule has 0 aliphatic carbocycles. The molecule has 0 aromatic heterocycles. The summed E-state index contributed by atoms with van der Waals surface area (Å²) in [4.78, 5) is 22.1. The first-order chi connectivity index (χ1) is 9.04. The van der Waals surface area contributed by atoms with Crippen LogP contribution in [0.1, 0.15) is 38.7 Å². The van der Waals surface area contributed by atoms with E-state index in [0.717, 1.165) is 24.7 Å². The number of hydrogen-bond acceptors (Lipinski definition) is 3. The Morgan fingerprint density at radius 1 is 1.37 bits per heavy atom. The van der Waals surface area contributed by atoms with E-state index in [0.29, 0.717) is 6.42 Å². The van der Waals surface area contributed by atoms with Crippen molar-refractivity contribution in [2.45, 2.75) is 38.5 Å². The number of carbonyl (C=O) groups is 1. The highest BCUT2D eigenvalue weighted by Gasteiger charge is 2.38. The number of aldehydes is 1. The molecule has 0 bridgehead atoms. The molecular formula is C15H21NO3. The molecule has 1 aromatic carbocycles. The van der Waals surface area contributed by atoms with Crippen LogP contribution in [0.4, 0.5) is 0 Å². The molecule has 0 N–H and O–H groups in total. The molecule has 0 amide bonds. The lowest BCUT2D eigenvalue weighted by Gasteiger charge is -2.31. The summed E-state index contributed by atoms with van der Waals surface area (Å²) in [6.07, 6.45) is 3.43. The summed E-state index contributed by atoms with van der Waals surface area (Å²) in [6.45, 7) is 3.69. The molecule has 0 aliphatic heterocycles. The monoisotopic (exact) mass is 263 g/mol. The van der Waals surface area contributed by atoms with Gasteiger partial charge < -0.3 is 4.79 Å². The van der Waals surface area contributed by atoms with E-state index >= 15 is 0 Å². The number of carbonyl (C=O) groups excluding carboxylic acids is 1. The predicted molar refractivity (Wildman–Crippen MR) is 74.7 cm³/mol. The number of nitro groups is 1. The SMILES string of the molecule is CCCC[C@@H](C[N+](=O)[O-])[C@](C)(C=O)c1ccccc1. The number of hydrogen-bond donors (Lipinski definition) is 0. The molecular weight excluding hydrogens is 242 g/mol. The van der Waals surface area contributed by atoms with E-state index in [1.165, 1.54) is 0 Å². The van der Waals surface area contributed by atoms with Crippen LogP contribution in [0.25, 0.3) is 0 Å². The normalized spacial score (nSPS) is 15.5. The third kappa shape index (κ3) is 3.88. The Hall–Kier alpha value is -1.71. The van der Waals surface area contributed by atoms with E-state index in [9.17, 15) is 14.9 Å². The van der Waals surface area contributed by atoms with Gasteiger partial charge in [-0.25, -0.2) is 0 Å². The van der Waals surface area contributed by atoms with Crippen molar-refractivity contribution in [1.29, 1.82) is 0 Å². The highest BCUT2D eigenvalue weighted by Crippen LogP contribution is 2.33. The second-order valence-electron chi connectivity index (χ2n) is 5.12. The van der Waals surface area contributed by atoms with Crippen molar-refractivity contribution in [2.24, 2.45) is 5.92 Å². The molecule has 0 saturated heterocycles. The highest BCUT2D eigenvalue weighted by molar-refractivity contribution is 5.68. The lowest BCUT2D eigenvalue weighted by molar-refractivity contribution is -0.490. The Kier molecular flexibility index (Phi) is 5.67. The maximum absolute atomic E-state index is 11.6. The summed E-state index contributed by atoms with van der Waals surface area (Å²) in [7, 11) is 0. The molecule has 19 heavy (non-hydrogen) atoms. The zero-order chi connectivity index (χ0) is 14.3. The van der Waals surface area contributed by atoms with Crippen molar-refractivity contribution in [2.75, 3.05) is 6.54 Å². The molecule has 104 valence electrons. The minimum absolute atomic E-state index is 0.163. The third-order valence-corrected chi connectivity index (χ3v) is 3.76. The molecule has 0 saturated carbocycles. The molecule has 1 aromatic rings. The second-order valence-corrected chi connectivity index (χ2v) is 5.12. The molecule has 0 unspecified atom stereocenters. The Labute approximate surface area is 114 Å². The van der Waals surface area contributed by atoms with E-state index in [-0.39, 0.29) is 17.4 Å². The van der Waals surface area contributed by atoms with Gasteiger partial charge in [0, 0.05) is 10.8 Å². The van der Waals surface area contributed by atoms with Crippen molar-refractivity contribution in [3.63, 3.8) is 0 Å². The maximum atomic E-state index is 11.6. The standard InChI is InChI=1S/C15H21NO3/c1-3-4-8-14(11-16(18)19)15(2,12-17)13-9-6-5-7-10-13/h5-7,9-10,12,14H,3-4,8,11H2,1-2H3/t14-,15+/m0/s1. The van der Waals surface area contributed by atoms with Gasteiger partial charge in [-0.15, -0.1) is 0 Å². The number of unbranched alkanes of at least 4 members (excludes halogenated alkanes) is 1. The van der Waals surface area contributed by atoms with Gasteiger partial charge in [-0.3, -0.25) is 10.1 Å². The number of rotatable bonds is 8. The summed E-state index contributed by atoms with van der Waals surface area (Å²) in [6, 6.07) is 9.34. The Morgan fingerprint density at radius 3 is 2.47 bits per heavy atom. The summed E-state index contributed by atoms with van der Waals surface area (Å²) in [5.41, 5.74) is 0.0664. The highest BCUT2D eigenvalue weighted by atomic mass is 16.6. The van der Waals surface area contributed by atoms with Gasteiger partial charge in [0.2, 0.25) is 6.54 Å². The van der Waals surface area contributed by atoms with Crippen LogP contribution in [0.2, 0.25) is 0 Å². The van der Waals surface area contributed by atoms with Gasteiger partial charge >= 0.3 is 0 Å². The molecule has 0 spiro atoms. The molecule has 2 atom stereocenters. The van der Waals surface area contributed by atoms with Gasteiger partial charge in [0.25, 0.3) is 0 Å². The van der Waals surface area contributed by atoms with Crippen LogP contribution in [-0.2, 0) is 10.2 Å². The smallest absolute Gasteiger partial charge is 0.207 e. The second kappa shape index (κ2) is 7.02. The molecule has 0 radical (unpaired) electrons. The van der Waals surface area contributed by atoms with E-state index in [1.54, 1.807) is 6.92 Å². The van der Waals surface area contributed by atoms with Crippen molar-refractivity contribution in [3.8, 4) is 0 Å². The maximum Gasteiger partial charge on any atom is 0.207 e. The summed E-state index contributed by atoms with van der Waals surface area (Å²) >= 11 is 0. The van der Waals surface area contributed by atoms with Crippen molar-refractivity contribution >= 4 is 6.29 Å². The molecule has 4 nitrogen and oxygen atoms in total. The van der Waals surface area contributed by atoms with Gasteiger partial charge in [-0.1, -0.05) is 50.1 Å². The lowest BCUT2D eigenvalue weighted by Crippen LogP contribution is -2.38. The Morgan fingerprint density at radius 2 is 2.00 bits per heavy atom. The molecule has 4 heteroatoms. The van der Waals surface area contributed by atoms with Gasteiger partial charge in [0.1, 0.15) is 6.29 Å². The van der Waals surface area contributed by atoms with E-state index < -0.39 is 5.41 Å². The summed E-state index contributed by atoms with van der Waals surface area (Å²) in [5.74, 6) is -0.262. The van der Waals surface area contributed by atoms with Crippen molar-refractivity contribution in [1.82, 2.24) is 0 Å². The van der Waals surface area contributed by atoms with Crippen LogP contribution in [0.15, 0.2) is 30.3 Å². The van der Waals surface area contributed by atoms with Crippen LogP contribution in [-0.4, -0.2) is 17.8 Å². The largest absolute Gasteiger partial charge is 0.302 e.